The number of carboxylic acid groups (broad SMARTS) is 1. The van der Waals surface area contributed by atoms with Gasteiger partial charge >= 0.3 is 6.18 Å². The van der Waals surface area contributed by atoms with Gasteiger partial charge in [-0.25, -0.2) is 4.39 Å². The molecule has 0 aliphatic carbocycles. The van der Waals surface area contributed by atoms with Gasteiger partial charge in [-0.1, -0.05) is 36.4 Å². The van der Waals surface area contributed by atoms with Gasteiger partial charge in [0, 0.05) is 68.4 Å². The first kappa shape index (κ1) is 34.5. The third kappa shape index (κ3) is 8.95. The molecule has 1 unspecified atom stereocenters. The standard InChI is InChI=1S/C33H40FN5O.C2HF3O2/c1-23-19-38(12-11-35-23)20-25-5-3-7-27(13-25)31-15-24(9-10-32(31)34)17-37-33(40)28-8-4-6-26(14-28)21-39(2)22-29-16-30(39)18-36-29;3-2(4,5)1(6)7/h3-10,13-15,23,29-30,35-36H,11-12,16-22H2,1-2H3;(H,6,7)/t23-,29-,30-,39?;/m0./s1. The number of hydrogen-bond donors (Lipinski definition) is 3. The van der Waals surface area contributed by atoms with Crippen LogP contribution in [0.25, 0.3) is 11.1 Å². The first-order valence-electron chi connectivity index (χ1n) is 15.9. The second-order valence-corrected chi connectivity index (χ2v) is 13.1. The van der Waals surface area contributed by atoms with Gasteiger partial charge in [-0.05, 0) is 53.9 Å². The first-order valence-corrected chi connectivity index (χ1v) is 15.9. The van der Waals surface area contributed by atoms with Crippen molar-refractivity contribution >= 4 is 11.9 Å². The molecule has 0 spiro atoms. The summed E-state index contributed by atoms with van der Waals surface area (Å²) in [5, 5.41) is 18.9. The van der Waals surface area contributed by atoms with E-state index in [2.05, 4.69) is 53.0 Å². The third-order valence-electron chi connectivity index (χ3n) is 9.26. The van der Waals surface area contributed by atoms with Crippen molar-refractivity contribution in [3.63, 3.8) is 0 Å². The maximum absolute atomic E-state index is 14.9. The van der Waals surface area contributed by atoms with Crippen molar-refractivity contribution in [2.75, 3.05) is 39.8 Å². The number of carbonyl (C=O) groups excluding carboxylic acids is 2. The molecule has 0 saturated carbocycles. The summed E-state index contributed by atoms with van der Waals surface area (Å²) in [4.78, 5) is 24.3. The summed E-state index contributed by atoms with van der Waals surface area (Å²) in [5.41, 5.74) is 5.35. The molecular formula is C35H41F4N5O3. The number of fused-ring (bicyclic) bond motifs is 2. The van der Waals surface area contributed by atoms with Gasteiger partial charge < -0.3 is 30.3 Å². The molecule has 12 heteroatoms. The van der Waals surface area contributed by atoms with E-state index in [-0.39, 0.29) is 11.7 Å². The summed E-state index contributed by atoms with van der Waals surface area (Å²) in [5.74, 6) is -3.36. The number of hydrogen-bond acceptors (Lipinski definition) is 6. The van der Waals surface area contributed by atoms with Gasteiger partial charge in [-0.3, -0.25) is 9.69 Å². The molecule has 2 bridgehead atoms. The van der Waals surface area contributed by atoms with E-state index < -0.39 is 12.1 Å². The predicted octanol–water partition coefficient (Wildman–Crippen LogP) is 3.21. The van der Waals surface area contributed by atoms with Gasteiger partial charge in [0.2, 0.25) is 0 Å². The van der Waals surface area contributed by atoms with E-state index in [1.807, 2.05) is 36.4 Å². The molecule has 3 N–H and O–H groups in total. The lowest BCUT2D eigenvalue weighted by atomic mass is 10.00. The number of carbonyl (C=O) groups is 2. The fourth-order valence-corrected chi connectivity index (χ4v) is 6.93. The molecule has 1 amide bonds. The van der Waals surface area contributed by atoms with Crippen molar-refractivity contribution < 1.29 is 36.7 Å². The van der Waals surface area contributed by atoms with Crippen LogP contribution in [0.4, 0.5) is 17.6 Å². The Bertz CT molecular complexity index is 1580. The molecule has 0 radical (unpaired) electrons. The lowest BCUT2D eigenvalue weighted by Gasteiger charge is -2.38. The Morgan fingerprint density at radius 3 is 2.45 bits per heavy atom. The molecule has 3 fully saturated rings. The Hall–Kier alpha value is -3.84. The van der Waals surface area contributed by atoms with Crippen molar-refractivity contribution in [1.82, 2.24) is 20.9 Å². The molecule has 4 atom stereocenters. The third-order valence-corrected chi connectivity index (χ3v) is 9.26. The second-order valence-electron chi connectivity index (χ2n) is 13.1. The zero-order chi connectivity index (χ0) is 33.8. The molecular weight excluding hydrogens is 614 g/mol. The van der Waals surface area contributed by atoms with Crippen LogP contribution in [0.1, 0.15) is 40.4 Å². The van der Waals surface area contributed by atoms with Gasteiger partial charge in [0.1, 0.15) is 24.4 Å². The Morgan fingerprint density at radius 1 is 1.02 bits per heavy atom. The molecule has 47 heavy (non-hydrogen) atoms. The lowest BCUT2D eigenvalue weighted by Crippen LogP contribution is -2.55. The number of nitrogens with one attached hydrogen (secondary N) is 3. The van der Waals surface area contributed by atoms with Crippen LogP contribution >= 0.6 is 0 Å². The van der Waals surface area contributed by atoms with E-state index in [1.54, 1.807) is 6.07 Å². The number of nitrogens with zero attached hydrogens (tertiary/aromatic N) is 2. The van der Waals surface area contributed by atoms with Crippen LogP contribution in [0.5, 0.6) is 0 Å². The number of likely N-dealkylation sites (N-methyl/N-ethyl adjacent to an activating group) is 1. The molecule has 3 aromatic rings. The topological polar surface area (TPSA) is 96.5 Å². The van der Waals surface area contributed by atoms with Crippen molar-refractivity contribution in [3.8, 4) is 11.1 Å². The van der Waals surface area contributed by atoms with Crippen molar-refractivity contribution in [2.45, 2.75) is 57.3 Å². The van der Waals surface area contributed by atoms with Crippen LogP contribution in [0.3, 0.4) is 0 Å². The Labute approximate surface area is 272 Å². The largest absolute Gasteiger partial charge is 0.542 e. The molecule has 3 aliphatic rings. The molecule has 0 aromatic heterocycles. The smallest absolute Gasteiger partial charge is 0.430 e. The maximum Gasteiger partial charge on any atom is 0.430 e. The number of piperazine rings is 2. The number of carboxylic acids is 1. The minimum atomic E-state index is -5.19. The van der Waals surface area contributed by atoms with E-state index in [9.17, 15) is 22.4 Å². The maximum atomic E-state index is 14.9. The highest BCUT2D eigenvalue weighted by atomic mass is 19.4. The van der Waals surface area contributed by atoms with Crippen LogP contribution in [0.15, 0.2) is 66.7 Å². The highest BCUT2D eigenvalue weighted by Crippen LogP contribution is 2.32. The average Bonchev–Trinajstić information content (AvgIpc) is 3.61. The van der Waals surface area contributed by atoms with Crippen LogP contribution < -0.4 is 21.1 Å². The Morgan fingerprint density at radius 2 is 1.77 bits per heavy atom. The predicted molar refractivity (Wildman–Crippen MR) is 168 cm³/mol. The fraction of sp³-hybridized carbons (Fsp3) is 0.429. The van der Waals surface area contributed by atoms with E-state index in [0.29, 0.717) is 35.8 Å². The summed E-state index contributed by atoms with van der Waals surface area (Å²) in [6.07, 6.45) is -3.95. The van der Waals surface area contributed by atoms with E-state index in [4.69, 9.17) is 9.90 Å². The molecule has 3 saturated heterocycles. The normalized spacial score (nSPS) is 24.0. The second kappa shape index (κ2) is 14.5. The fourth-order valence-electron chi connectivity index (χ4n) is 6.93. The van der Waals surface area contributed by atoms with Gasteiger partial charge in [-0.15, -0.1) is 0 Å². The number of amides is 1. The van der Waals surface area contributed by atoms with Gasteiger partial charge in [0.15, 0.2) is 0 Å². The first-order chi connectivity index (χ1) is 22.3. The summed E-state index contributed by atoms with van der Waals surface area (Å²) >= 11 is 0. The summed E-state index contributed by atoms with van der Waals surface area (Å²) in [6.45, 7) is 9.58. The van der Waals surface area contributed by atoms with Crippen LogP contribution in [0, 0.1) is 5.82 Å². The number of alkyl halides is 3. The molecule has 3 aromatic carbocycles. The van der Waals surface area contributed by atoms with Crippen LogP contribution in [-0.2, 0) is 24.4 Å². The Balaban J connectivity index is 0.000000559. The minimum absolute atomic E-state index is 0.104. The lowest BCUT2D eigenvalue weighted by molar-refractivity contribution is -0.936. The van der Waals surface area contributed by atoms with E-state index in [0.717, 1.165) is 61.4 Å². The molecule has 8 nitrogen and oxygen atoms in total. The SMILES string of the molecule is C[C@H]1CN(Cc2cccc(-c3cc(CNC(=O)c4cccc(C[N+]5(C)C[C@@H]6C[C@H]5CN6)c4)ccc3F)c2)CCN1.O=C([O-])C(F)(F)F. The molecule has 3 heterocycles. The van der Waals surface area contributed by atoms with Crippen LogP contribution in [0.2, 0.25) is 0 Å². The average molecular weight is 656 g/mol. The van der Waals surface area contributed by atoms with Crippen LogP contribution in [-0.4, -0.2) is 85.3 Å². The number of aliphatic carboxylic acids is 1. The van der Waals surface area contributed by atoms with E-state index in [1.165, 1.54) is 23.6 Å². The number of likely N-dealkylation sites (tertiary alicyclic amines) is 1. The highest BCUT2D eigenvalue weighted by molar-refractivity contribution is 5.94. The van der Waals surface area contributed by atoms with Gasteiger partial charge in [0.25, 0.3) is 5.91 Å². The van der Waals surface area contributed by atoms with Crippen molar-refractivity contribution in [3.05, 3.63) is 94.8 Å². The zero-order valence-corrected chi connectivity index (χ0v) is 26.6. The highest BCUT2D eigenvalue weighted by Gasteiger charge is 2.48. The number of halogens is 4. The quantitative estimate of drug-likeness (QED) is 0.255. The molecule has 6 rings (SSSR count). The summed E-state index contributed by atoms with van der Waals surface area (Å²) in [7, 11) is 2.34. The molecule has 3 aliphatic heterocycles. The summed E-state index contributed by atoms with van der Waals surface area (Å²) < 4.78 is 47.5. The summed E-state index contributed by atoms with van der Waals surface area (Å²) in [6, 6.07) is 23.0. The van der Waals surface area contributed by atoms with Gasteiger partial charge in [0.05, 0.1) is 19.6 Å². The number of quaternary nitrogens is 1. The number of rotatable bonds is 8. The monoisotopic (exact) mass is 655 g/mol. The van der Waals surface area contributed by atoms with Gasteiger partial charge in [-0.2, -0.15) is 13.2 Å². The zero-order valence-electron chi connectivity index (χ0n) is 26.6. The van der Waals surface area contributed by atoms with E-state index >= 15 is 0 Å². The number of benzene rings is 3. The Kier molecular flexibility index (Phi) is 10.6. The van der Waals surface area contributed by atoms with Crippen molar-refractivity contribution in [1.29, 1.82) is 0 Å². The minimum Gasteiger partial charge on any atom is -0.542 e. The van der Waals surface area contributed by atoms with Crippen molar-refractivity contribution in [2.24, 2.45) is 0 Å². The molecule has 252 valence electrons.